The Labute approximate surface area is 74.6 Å². The topological polar surface area (TPSA) is 46.2 Å². The second-order valence-corrected chi connectivity index (χ2v) is 6.25. The highest BCUT2D eigenvalue weighted by Crippen LogP contribution is 2.27. The van der Waals surface area contributed by atoms with Gasteiger partial charge in [-0.3, -0.25) is 0 Å². The maximum absolute atomic E-state index is 11.3. The largest absolute Gasteiger partial charge is 0.214 e. The number of nitrogens with one attached hydrogen (secondary N) is 1. The summed E-state index contributed by atoms with van der Waals surface area (Å²) in [5.41, 5.74) is 0. The van der Waals surface area contributed by atoms with Crippen LogP contribution in [0.3, 0.4) is 0 Å². The van der Waals surface area contributed by atoms with Gasteiger partial charge >= 0.3 is 0 Å². The van der Waals surface area contributed by atoms with Crippen LogP contribution in [0.25, 0.3) is 0 Å². The molecule has 0 heterocycles. The predicted molar refractivity (Wildman–Crippen MR) is 49.4 cm³/mol. The van der Waals surface area contributed by atoms with Crippen LogP contribution in [0.4, 0.5) is 0 Å². The van der Waals surface area contributed by atoms with E-state index in [2.05, 4.69) is 11.6 Å². The van der Waals surface area contributed by atoms with Gasteiger partial charge in [0, 0.05) is 6.04 Å². The minimum Gasteiger partial charge on any atom is -0.212 e. The van der Waals surface area contributed by atoms with Crippen molar-refractivity contribution in [2.45, 2.75) is 44.9 Å². The summed E-state index contributed by atoms with van der Waals surface area (Å²) in [6.45, 7) is 5.54. The van der Waals surface area contributed by atoms with Crippen LogP contribution in [0.1, 0.15) is 33.6 Å². The first-order valence-corrected chi connectivity index (χ1v) is 5.97. The Morgan fingerprint density at radius 1 is 1.33 bits per heavy atom. The molecule has 3 nitrogen and oxygen atoms in total. The number of hydrogen-bond acceptors (Lipinski definition) is 2. The molecule has 1 aliphatic carbocycles. The van der Waals surface area contributed by atoms with Crippen LogP contribution in [0.2, 0.25) is 0 Å². The van der Waals surface area contributed by atoms with Crippen molar-refractivity contribution in [1.82, 2.24) is 4.72 Å². The fourth-order valence-electron chi connectivity index (χ4n) is 1.37. The molecule has 12 heavy (non-hydrogen) atoms. The van der Waals surface area contributed by atoms with Crippen molar-refractivity contribution >= 4 is 10.0 Å². The molecule has 4 heteroatoms. The van der Waals surface area contributed by atoms with Crippen molar-refractivity contribution in [3.8, 4) is 0 Å². The van der Waals surface area contributed by atoms with Crippen molar-refractivity contribution in [1.29, 1.82) is 0 Å². The Balaban J connectivity index is 2.42. The van der Waals surface area contributed by atoms with Crippen LogP contribution in [0.15, 0.2) is 0 Å². The molecule has 0 unspecified atom stereocenters. The molecule has 1 fully saturated rings. The lowest BCUT2D eigenvalue weighted by Crippen LogP contribution is -2.45. The van der Waals surface area contributed by atoms with E-state index in [-0.39, 0.29) is 11.3 Å². The fourth-order valence-corrected chi connectivity index (χ4v) is 2.30. The Kier molecular flexibility index (Phi) is 2.78. The van der Waals surface area contributed by atoms with Crippen LogP contribution in [0.5, 0.6) is 0 Å². The van der Waals surface area contributed by atoms with E-state index in [1.165, 1.54) is 0 Å². The van der Waals surface area contributed by atoms with Crippen LogP contribution >= 0.6 is 0 Å². The second kappa shape index (κ2) is 3.34. The smallest absolute Gasteiger partial charge is 0.212 e. The van der Waals surface area contributed by atoms with Gasteiger partial charge in [0.1, 0.15) is 0 Å². The second-order valence-electron chi connectivity index (χ2n) is 3.99. The normalized spacial score (nSPS) is 30.3. The standard InChI is InChI=1S/C8H17NO2S/c1-6(2)12(10,11)9-8-4-7(3)5-8/h6-9H,4-5H2,1-3H3/t7-,8+. The molecule has 1 aliphatic rings. The Hall–Kier alpha value is -0.0900. The lowest BCUT2D eigenvalue weighted by atomic mass is 9.83. The summed E-state index contributed by atoms with van der Waals surface area (Å²) >= 11 is 0. The summed E-state index contributed by atoms with van der Waals surface area (Å²) in [6, 6.07) is 0.201. The van der Waals surface area contributed by atoms with E-state index >= 15 is 0 Å². The molecule has 1 saturated carbocycles. The monoisotopic (exact) mass is 191 g/mol. The molecule has 0 bridgehead atoms. The van der Waals surface area contributed by atoms with Crippen molar-refractivity contribution < 1.29 is 8.42 Å². The van der Waals surface area contributed by atoms with Crippen molar-refractivity contribution in [3.05, 3.63) is 0 Å². The summed E-state index contributed by atoms with van der Waals surface area (Å²) in [6.07, 6.45) is 1.98. The van der Waals surface area contributed by atoms with Gasteiger partial charge in [0.25, 0.3) is 0 Å². The molecule has 0 atom stereocenters. The third-order valence-electron chi connectivity index (χ3n) is 2.33. The molecule has 0 aromatic rings. The van der Waals surface area contributed by atoms with E-state index in [0.717, 1.165) is 12.8 Å². The lowest BCUT2D eigenvalue weighted by Gasteiger charge is -2.33. The van der Waals surface area contributed by atoms with Crippen LogP contribution < -0.4 is 4.72 Å². The van der Waals surface area contributed by atoms with Gasteiger partial charge in [-0.25, -0.2) is 13.1 Å². The molecular weight excluding hydrogens is 174 g/mol. The average molecular weight is 191 g/mol. The van der Waals surface area contributed by atoms with Gasteiger partial charge in [-0.2, -0.15) is 0 Å². The molecule has 0 saturated heterocycles. The summed E-state index contributed by atoms with van der Waals surface area (Å²) < 4.78 is 25.4. The molecule has 0 aromatic carbocycles. The average Bonchev–Trinajstić information content (AvgIpc) is 1.83. The van der Waals surface area contributed by atoms with Crippen LogP contribution in [-0.4, -0.2) is 19.7 Å². The minimum absolute atomic E-state index is 0.201. The van der Waals surface area contributed by atoms with Gasteiger partial charge in [-0.15, -0.1) is 0 Å². The first kappa shape index (κ1) is 9.99. The highest BCUT2D eigenvalue weighted by molar-refractivity contribution is 7.90. The van der Waals surface area contributed by atoms with Gasteiger partial charge in [0.05, 0.1) is 5.25 Å². The van der Waals surface area contributed by atoms with E-state index in [9.17, 15) is 8.42 Å². The summed E-state index contributed by atoms with van der Waals surface area (Å²) in [7, 11) is -3.03. The van der Waals surface area contributed by atoms with E-state index in [1.807, 2.05) is 0 Å². The van der Waals surface area contributed by atoms with E-state index in [4.69, 9.17) is 0 Å². The summed E-state index contributed by atoms with van der Waals surface area (Å²) in [5.74, 6) is 0.685. The molecule has 1 N–H and O–H groups in total. The molecule has 0 aliphatic heterocycles. The Morgan fingerprint density at radius 3 is 2.17 bits per heavy atom. The van der Waals surface area contributed by atoms with E-state index in [0.29, 0.717) is 5.92 Å². The highest BCUT2D eigenvalue weighted by Gasteiger charge is 2.30. The number of sulfonamides is 1. The molecule has 0 aromatic heterocycles. The van der Waals surface area contributed by atoms with Gasteiger partial charge < -0.3 is 0 Å². The highest BCUT2D eigenvalue weighted by atomic mass is 32.2. The quantitative estimate of drug-likeness (QED) is 0.726. The van der Waals surface area contributed by atoms with Crippen molar-refractivity contribution in [2.75, 3.05) is 0 Å². The lowest BCUT2D eigenvalue weighted by molar-refractivity contribution is 0.270. The zero-order valence-electron chi connectivity index (χ0n) is 7.87. The third kappa shape index (κ3) is 2.20. The van der Waals surface area contributed by atoms with Crippen LogP contribution in [-0.2, 0) is 10.0 Å². The zero-order valence-corrected chi connectivity index (χ0v) is 8.69. The minimum atomic E-state index is -3.03. The first-order valence-electron chi connectivity index (χ1n) is 4.43. The van der Waals surface area contributed by atoms with Gasteiger partial charge in [-0.1, -0.05) is 6.92 Å². The molecule has 1 rings (SSSR count). The summed E-state index contributed by atoms with van der Waals surface area (Å²) in [5, 5.41) is -0.312. The van der Waals surface area contributed by atoms with Gasteiger partial charge in [-0.05, 0) is 32.6 Å². The van der Waals surface area contributed by atoms with E-state index < -0.39 is 10.0 Å². The summed E-state index contributed by atoms with van der Waals surface area (Å²) in [4.78, 5) is 0. The van der Waals surface area contributed by atoms with Crippen molar-refractivity contribution in [3.63, 3.8) is 0 Å². The molecular formula is C8H17NO2S. The maximum atomic E-state index is 11.3. The Bertz CT molecular complexity index is 240. The molecule has 0 amide bonds. The molecule has 72 valence electrons. The first-order chi connectivity index (χ1) is 5.42. The SMILES string of the molecule is CC(C)S(=O)(=O)N[C@H]1C[C@@H](C)C1. The molecule has 0 radical (unpaired) electrons. The van der Waals surface area contributed by atoms with Gasteiger partial charge in [0.15, 0.2) is 0 Å². The number of hydrogen-bond donors (Lipinski definition) is 1. The van der Waals surface area contributed by atoms with Crippen LogP contribution in [0, 0.1) is 5.92 Å². The Morgan fingerprint density at radius 2 is 1.83 bits per heavy atom. The van der Waals surface area contributed by atoms with Gasteiger partial charge in [0.2, 0.25) is 10.0 Å². The fraction of sp³-hybridized carbons (Fsp3) is 1.00. The third-order valence-corrected chi connectivity index (χ3v) is 4.23. The number of rotatable bonds is 3. The molecule has 0 spiro atoms. The zero-order chi connectivity index (χ0) is 9.35. The van der Waals surface area contributed by atoms with E-state index in [1.54, 1.807) is 13.8 Å². The van der Waals surface area contributed by atoms with Crippen molar-refractivity contribution in [2.24, 2.45) is 5.92 Å². The maximum Gasteiger partial charge on any atom is 0.214 e. The predicted octanol–water partition coefficient (Wildman–Crippen LogP) is 1.11.